The third-order valence-electron chi connectivity index (χ3n) is 3.64. The highest BCUT2D eigenvalue weighted by atomic mass is 32.2. The Kier molecular flexibility index (Phi) is 4.73. The molecule has 3 N–H and O–H groups in total. The lowest BCUT2D eigenvalue weighted by atomic mass is 10.1. The molecule has 3 nitrogen and oxygen atoms in total. The lowest BCUT2D eigenvalue weighted by molar-refractivity contribution is 0.495. The minimum absolute atomic E-state index is 0.331. The summed E-state index contributed by atoms with van der Waals surface area (Å²) >= 11 is 3.76. The van der Waals surface area contributed by atoms with Gasteiger partial charge in [-0.15, -0.1) is 11.3 Å². The number of thioether (sulfide) groups is 1. The van der Waals surface area contributed by atoms with Crippen LogP contribution in [0.2, 0.25) is 0 Å². The van der Waals surface area contributed by atoms with E-state index in [2.05, 4.69) is 22.9 Å². The van der Waals surface area contributed by atoms with Gasteiger partial charge in [-0.3, -0.25) is 11.3 Å². The van der Waals surface area contributed by atoms with Gasteiger partial charge in [-0.25, -0.2) is 4.98 Å². The van der Waals surface area contributed by atoms with Gasteiger partial charge in [0, 0.05) is 28.7 Å². The Morgan fingerprint density at radius 2 is 2.20 bits per heavy atom. The number of nitrogens with zero attached hydrogens (tertiary/aromatic N) is 1. The highest BCUT2D eigenvalue weighted by Crippen LogP contribution is 2.31. The first-order valence-corrected chi connectivity index (χ1v) is 8.87. The highest BCUT2D eigenvalue weighted by molar-refractivity contribution is 8.00. The van der Waals surface area contributed by atoms with Gasteiger partial charge in [0.25, 0.3) is 0 Å². The summed E-state index contributed by atoms with van der Waals surface area (Å²) in [6.07, 6.45) is 3.49. The van der Waals surface area contributed by atoms with Gasteiger partial charge in [0.15, 0.2) is 0 Å². The van der Waals surface area contributed by atoms with Crippen molar-refractivity contribution in [2.75, 3.05) is 5.75 Å². The zero-order valence-corrected chi connectivity index (χ0v) is 12.9. The summed E-state index contributed by atoms with van der Waals surface area (Å²) in [5.41, 5.74) is 5.24. The van der Waals surface area contributed by atoms with E-state index in [-0.39, 0.29) is 0 Å². The average molecular weight is 305 g/mol. The SMILES string of the molecule is NNC(Cc1nc(-c2ccccc2)cs1)C1CCCS1. The summed E-state index contributed by atoms with van der Waals surface area (Å²) < 4.78 is 0. The second-order valence-corrected chi connectivity index (χ2v) is 7.31. The molecule has 1 aliphatic heterocycles. The van der Waals surface area contributed by atoms with Crippen LogP contribution in [-0.2, 0) is 6.42 Å². The molecular weight excluding hydrogens is 286 g/mol. The van der Waals surface area contributed by atoms with Crippen molar-refractivity contribution in [3.8, 4) is 11.3 Å². The molecule has 0 spiro atoms. The van der Waals surface area contributed by atoms with E-state index in [1.54, 1.807) is 11.3 Å². The molecule has 1 aliphatic rings. The second kappa shape index (κ2) is 6.72. The number of benzene rings is 1. The molecule has 0 saturated carbocycles. The smallest absolute Gasteiger partial charge is 0.0949 e. The minimum atomic E-state index is 0.331. The largest absolute Gasteiger partial charge is 0.271 e. The van der Waals surface area contributed by atoms with E-state index in [9.17, 15) is 0 Å². The van der Waals surface area contributed by atoms with E-state index in [1.165, 1.54) is 29.2 Å². The monoisotopic (exact) mass is 305 g/mol. The van der Waals surface area contributed by atoms with E-state index in [0.717, 1.165) is 12.1 Å². The van der Waals surface area contributed by atoms with Crippen LogP contribution in [0.15, 0.2) is 35.7 Å². The average Bonchev–Trinajstić information content (AvgIpc) is 3.17. The zero-order chi connectivity index (χ0) is 13.8. The molecule has 2 unspecified atom stereocenters. The van der Waals surface area contributed by atoms with Crippen LogP contribution in [-0.4, -0.2) is 22.0 Å². The Balaban J connectivity index is 1.70. The Bertz CT molecular complexity index is 535. The molecule has 0 bridgehead atoms. The summed E-state index contributed by atoms with van der Waals surface area (Å²) in [6.45, 7) is 0. The second-order valence-electron chi connectivity index (χ2n) is 5.02. The number of hydrazine groups is 1. The number of nitrogens with one attached hydrogen (secondary N) is 1. The maximum absolute atomic E-state index is 5.73. The van der Waals surface area contributed by atoms with Crippen molar-refractivity contribution in [3.05, 3.63) is 40.7 Å². The minimum Gasteiger partial charge on any atom is -0.271 e. The maximum atomic E-state index is 5.73. The fourth-order valence-corrected chi connectivity index (χ4v) is 4.79. The van der Waals surface area contributed by atoms with Crippen molar-refractivity contribution in [3.63, 3.8) is 0 Å². The summed E-state index contributed by atoms with van der Waals surface area (Å²) in [6, 6.07) is 10.7. The standard InChI is InChI=1S/C15H19N3S2/c16-18-12(14-7-4-8-19-14)9-15-17-13(10-20-15)11-5-2-1-3-6-11/h1-3,5-6,10,12,14,18H,4,7-9,16H2. The molecule has 1 saturated heterocycles. The lowest BCUT2D eigenvalue weighted by Crippen LogP contribution is -2.43. The maximum Gasteiger partial charge on any atom is 0.0949 e. The van der Waals surface area contributed by atoms with Gasteiger partial charge in [-0.05, 0) is 18.6 Å². The molecule has 5 heteroatoms. The van der Waals surface area contributed by atoms with Crippen molar-refractivity contribution < 1.29 is 0 Å². The van der Waals surface area contributed by atoms with Crippen LogP contribution in [0.4, 0.5) is 0 Å². The van der Waals surface area contributed by atoms with Crippen LogP contribution in [0, 0.1) is 0 Å². The van der Waals surface area contributed by atoms with E-state index in [4.69, 9.17) is 10.8 Å². The lowest BCUT2D eigenvalue weighted by Gasteiger charge is -2.20. The molecule has 0 radical (unpaired) electrons. The van der Waals surface area contributed by atoms with Crippen LogP contribution in [0.5, 0.6) is 0 Å². The molecular formula is C15H19N3S2. The third kappa shape index (κ3) is 3.23. The topological polar surface area (TPSA) is 50.9 Å². The Labute approximate surface area is 128 Å². The van der Waals surface area contributed by atoms with Crippen LogP contribution in [0.1, 0.15) is 17.8 Å². The molecule has 106 valence electrons. The van der Waals surface area contributed by atoms with Gasteiger partial charge in [-0.1, -0.05) is 30.3 Å². The number of nitrogens with two attached hydrogens (primary N) is 1. The van der Waals surface area contributed by atoms with E-state index >= 15 is 0 Å². The van der Waals surface area contributed by atoms with Gasteiger partial charge in [-0.2, -0.15) is 11.8 Å². The van der Waals surface area contributed by atoms with Crippen LogP contribution < -0.4 is 11.3 Å². The normalized spacial score (nSPS) is 20.1. The molecule has 2 aromatic rings. The number of aromatic nitrogens is 1. The van der Waals surface area contributed by atoms with E-state index in [0.29, 0.717) is 11.3 Å². The summed E-state index contributed by atoms with van der Waals surface area (Å²) in [7, 11) is 0. The first-order chi connectivity index (χ1) is 9.86. The molecule has 3 rings (SSSR count). The summed E-state index contributed by atoms with van der Waals surface area (Å²) in [5.74, 6) is 6.99. The van der Waals surface area contributed by atoms with Crippen LogP contribution >= 0.6 is 23.1 Å². The number of rotatable bonds is 5. The third-order valence-corrected chi connectivity index (χ3v) is 6.03. The Morgan fingerprint density at radius 3 is 2.90 bits per heavy atom. The highest BCUT2D eigenvalue weighted by Gasteiger charge is 2.25. The molecule has 1 fully saturated rings. The quantitative estimate of drug-likeness (QED) is 0.658. The molecule has 1 aromatic carbocycles. The van der Waals surface area contributed by atoms with Crippen molar-refractivity contribution in [1.29, 1.82) is 0 Å². The molecule has 2 atom stereocenters. The van der Waals surface area contributed by atoms with E-state index < -0.39 is 0 Å². The molecule has 0 aliphatic carbocycles. The molecule has 2 heterocycles. The first kappa shape index (κ1) is 14.1. The van der Waals surface area contributed by atoms with Crippen molar-refractivity contribution in [2.24, 2.45) is 5.84 Å². The molecule has 1 aromatic heterocycles. The zero-order valence-electron chi connectivity index (χ0n) is 11.3. The fraction of sp³-hybridized carbons (Fsp3) is 0.400. The first-order valence-electron chi connectivity index (χ1n) is 6.94. The number of hydrogen-bond acceptors (Lipinski definition) is 5. The summed E-state index contributed by atoms with van der Waals surface area (Å²) in [5, 5.41) is 3.93. The van der Waals surface area contributed by atoms with Gasteiger partial charge >= 0.3 is 0 Å². The van der Waals surface area contributed by atoms with Gasteiger partial charge in [0.2, 0.25) is 0 Å². The molecule has 0 amide bonds. The van der Waals surface area contributed by atoms with Crippen LogP contribution in [0.25, 0.3) is 11.3 Å². The van der Waals surface area contributed by atoms with Crippen molar-refractivity contribution in [2.45, 2.75) is 30.6 Å². The van der Waals surface area contributed by atoms with Crippen molar-refractivity contribution in [1.82, 2.24) is 10.4 Å². The number of hydrogen-bond donors (Lipinski definition) is 2. The van der Waals surface area contributed by atoms with Gasteiger partial charge in [0.05, 0.1) is 10.7 Å². The van der Waals surface area contributed by atoms with Gasteiger partial charge < -0.3 is 0 Å². The van der Waals surface area contributed by atoms with Crippen molar-refractivity contribution >= 4 is 23.1 Å². The fourth-order valence-electron chi connectivity index (χ4n) is 2.55. The summed E-state index contributed by atoms with van der Waals surface area (Å²) in [4.78, 5) is 4.75. The Hall–Kier alpha value is -0.880. The number of thiazole rings is 1. The molecule has 20 heavy (non-hydrogen) atoms. The van der Waals surface area contributed by atoms with Gasteiger partial charge in [0.1, 0.15) is 0 Å². The predicted molar refractivity (Wildman–Crippen MR) is 87.8 cm³/mol. The van der Waals surface area contributed by atoms with E-state index in [1.807, 2.05) is 30.0 Å². The predicted octanol–water partition coefficient (Wildman–Crippen LogP) is 3.08. The van der Waals surface area contributed by atoms with Crippen LogP contribution in [0.3, 0.4) is 0 Å². The Morgan fingerprint density at radius 1 is 1.35 bits per heavy atom.